The number of rotatable bonds is 9. The van der Waals surface area contributed by atoms with Gasteiger partial charge in [-0.15, -0.1) is 0 Å². The minimum absolute atomic E-state index is 0.0561. The third kappa shape index (κ3) is 6.26. The number of methoxy groups -OCH3 is 1. The number of carbonyl (C=O) groups is 2. The lowest BCUT2D eigenvalue weighted by Crippen LogP contribution is -2.43. The van der Waals surface area contributed by atoms with Gasteiger partial charge in [0.05, 0.1) is 12.1 Å². The van der Waals surface area contributed by atoms with Crippen LogP contribution in [-0.2, 0) is 14.3 Å². The normalized spacial score (nSPS) is 11.2. The molecule has 0 fully saturated rings. The number of hydrogen-bond acceptors (Lipinski definition) is 5. The van der Waals surface area contributed by atoms with Crippen LogP contribution in [0, 0.1) is 11.3 Å². The minimum atomic E-state index is -0.800. The predicted molar refractivity (Wildman–Crippen MR) is 88.4 cm³/mol. The predicted octanol–water partition coefficient (Wildman–Crippen LogP) is 0.937. The van der Waals surface area contributed by atoms with Crippen LogP contribution in [0.5, 0.6) is 5.75 Å². The number of hydrogen-bond donors (Lipinski definition) is 1. The van der Waals surface area contributed by atoms with Crippen molar-refractivity contribution in [3.63, 3.8) is 0 Å². The SMILES string of the molecule is COCCCNC(=O)CN(C)C(=O)C(C)Oc1ccccc1C#N. The molecule has 0 spiro atoms. The first-order chi connectivity index (χ1) is 11.5. The third-order valence-corrected chi connectivity index (χ3v) is 3.26. The molecule has 0 saturated heterocycles. The Hall–Kier alpha value is -2.59. The Morgan fingerprint density at radius 2 is 2.08 bits per heavy atom. The topological polar surface area (TPSA) is 91.7 Å². The summed E-state index contributed by atoms with van der Waals surface area (Å²) < 4.78 is 10.4. The van der Waals surface area contributed by atoms with E-state index < -0.39 is 6.10 Å². The molecule has 0 radical (unpaired) electrons. The fourth-order valence-electron chi connectivity index (χ4n) is 2.01. The molecule has 0 aromatic heterocycles. The highest BCUT2D eigenvalue weighted by atomic mass is 16.5. The van der Waals surface area contributed by atoms with E-state index in [0.717, 1.165) is 0 Å². The summed E-state index contributed by atoms with van der Waals surface area (Å²) in [5.74, 6) is -0.236. The van der Waals surface area contributed by atoms with Crippen LogP contribution in [0.3, 0.4) is 0 Å². The van der Waals surface area contributed by atoms with Crippen LogP contribution in [0.2, 0.25) is 0 Å². The first kappa shape index (κ1) is 19.5. The van der Waals surface area contributed by atoms with Gasteiger partial charge >= 0.3 is 0 Å². The van der Waals surface area contributed by atoms with Gasteiger partial charge in [0.1, 0.15) is 11.8 Å². The molecule has 0 aliphatic heterocycles. The number of nitrogens with one attached hydrogen (secondary N) is 1. The Kier molecular flexibility index (Phi) is 8.30. The van der Waals surface area contributed by atoms with Gasteiger partial charge in [0.25, 0.3) is 5.91 Å². The summed E-state index contributed by atoms with van der Waals surface area (Å²) in [6, 6.07) is 8.70. The van der Waals surface area contributed by atoms with E-state index in [1.807, 2.05) is 6.07 Å². The standard InChI is InChI=1S/C17H23N3O4/c1-13(24-15-8-5-4-7-14(15)11-18)17(22)20(2)12-16(21)19-9-6-10-23-3/h4-5,7-8,13H,6,9-10,12H2,1-3H3,(H,19,21). The van der Waals surface area contributed by atoms with E-state index in [4.69, 9.17) is 14.7 Å². The van der Waals surface area contributed by atoms with Crippen molar-refractivity contribution >= 4 is 11.8 Å². The van der Waals surface area contributed by atoms with Crippen molar-refractivity contribution in [3.8, 4) is 11.8 Å². The molecule has 1 aromatic carbocycles. The van der Waals surface area contributed by atoms with Crippen LogP contribution in [0.25, 0.3) is 0 Å². The molecule has 1 atom stereocenters. The Morgan fingerprint density at radius 3 is 2.75 bits per heavy atom. The molecule has 0 aliphatic carbocycles. The van der Waals surface area contributed by atoms with Gasteiger partial charge in [-0.05, 0) is 25.5 Å². The van der Waals surface area contributed by atoms with E-state index in [-0.39, 0.29) is 18.4 Å². The molecule has 7 nitrogen and oxygen atoms in total. The Bertz CT molecular complexity index is 598. The summed E-state index contributed by atoms with van der Waals surface area (Å²) >= 11 is 0. The molecule has 130 valence electrons. The van der Waals surface area contributed by atoms with Crippen molar-refractivity contribution < 1.29 is 19.1 Å². The summed E-state index contributed by atoms with van der Waals surface area (Å²) in [5, 5.41) is 11.7. The number of nitrogens with zero attached hydrogens (tertiary/aromatic N) is 2. The van der Waals surface area contributed by atoms with E-state index >= 15 is 0 Å². The second-order valence-electron chi connectivity index (χ2n) is 5.26. The maximum Gasteiger partial charge on any atom is 0.263 e. The van der Waals surface area contributed by atoms with Crippen molar-refractivity contribution in [1.82, 2.24) is 10.2 Å². The lowest BCUT2D eigenvalue weighted by molar-refractivity contribution is -0.139. The average Bonchev–Trinajstić information content (AvgIpc) is 2.58. The van der Waals surface area contributed by atoms with E-state index in [2.05, 4.69) is 5.32 Å². The molecule has 1 rings (SSSR count). The molecular weight excluding hydrogens is 310 g/mol. The van der Waals surface area contributed by atoms with Gasteiger partial charge in [-0.25, -0.2) is 0 Å². The average molecular weight is 333 g/mol. The van der Waals surface area contributed by atoms with Gasteiger partial charge in [0, 0.05) is 27.3 Å². The number of ether oxygens (including phenoxy) is 2. The van der Waals surface area contributed by atoms with Crippen molar-refractivity contribution in [3.05, 3.63) is 29.8 Å². The Morgan fingerprint density at radius 1 is 1.38 bits per heavy atom. The minimum Gasteiger partial charge on any atom is -0.480 e. The molecule has 24 heavy (non-hydrogen) atoms. The number of amides is 2. The zero-order valence-corrected chi connectivity index (χ0v) is 14.2. The highest BCUT2D eigenvalue weighted by Crippen LogP contribution is 2.18. The van der Waals surface area contributed by atoms with Crippen LogP contribution in [0.4, 0.5) is 0 Å². The fraction of sp³-hybridized carbons (Fsp3) is 0.471. The Balaban J connectivity index is 2.50. The van der Waals surface area contributed by atoms with Gasteiger partial charge < -0.3 is 19.7 Å². The molecule has 0 heterocycles. The number of carbonyl (C=O) groups excluding carboxylic acids is 2. The smallest absolute Gasteiger partial charge is 0.263 e. The van der Waals surface area contributed by atoms with Crippen LogP contribution in [0.15, 0.2) is 24.3 Å². The number of nitriles is 1. The van der Waals surface area contributed by atoms with Crippen molar-refractivity contribution in [2.75, 3.05) is 33.9 Å². The molecule has 0 aliphatic rings. The van der Waals surface area contributed by atoms with Gasteiger partial charge in [-0.2, -0.15) is 5.26 Å². The van der Waals surface area contributed by atoms with Gasteiger partial charge in [-0.3, -0.25) is 9.59 Å². The molecule has 2 amide bonds. The second kappa shape index (κ2) is 10.2. The zero-order chi connectivity index (χ0) is 17.9. The van der Waals surface area contributed by atoms with Gasteiger partial charge in [0.15, 0.2) is 6.10 Å². The number of para-hydroxylation sites is 1. The van der Waals surface area contributed by atoms with Crippen LogP contribution in [0.1, 0.15) is 18.9 Å². The lowest BCUT2D eigenvalue weighted by atomic mass is 10.2. The lowest BCUT2D eigenvalue weighted by Gasteiger charge is -2.22. The Labute approximate surface area is 142 Å². The molecule has 0 saturated carbocycles. The highest BCUT2D eigenvalue weighted by Gasteiger charge is 2.21. The quantitative estimate of drug-likeness (QED) is 0.679. The van der Waals surface area contributed by atoms with E-state index in [1.54, 1.807) is 38.3 Å². The van der Waals surface area contributed by atoms with Crippen molar-refractivity contribution in [1.29, 1.82) is 5.26 Å². The highest BCUT2D eigenvalue weighted by molar-refractivity contribution is 5.86. The summed E-state index contributed by atoms with van der Waals surface area (Å²) in [5.41, 5.74) is 0.357. The van der Waals surface area contributed by atoms with E-state index in [1.165, 1.54) is 11.9 Å². The molecule has 1 aromatic rings. The fourth-order valence-corrected chi connectivity index (χ4v) is 2.01. The summed E-state index contributed by atoms with van der Waals surface area (Å²) in [7, 11) is 3.13. The number of likely N-dealkylation sites (N-methyl/N-ethyl adjacent to an activating group) is 1. The van der Waals surface area contributed by atoms with Crippen LogP contribution in [-0.4, -0.2) is 56.7 Å². The summed E-state index contributed by atoms with van der Waals surface area (Å²) in [6.07, 6.45) is -0.0875. The zero-order valence-electron chi connectivity index (χ0n) is 14.2. The molecular formula is C17H23N3O4. The number of benzene rings is 1. The first-order valence-electron chi connectivity index (χ1n) is 7.66. The molecule has 1 N–H and O–H groups in total. The molecule has 0 bridgehead atoms. The second-order valence-corrected chi connectivity index (χ2v) is 5.26. The van der Waals surface area contributed by atoms with Gasteiger partial charge in [-0.1, -0.05) is 12.1 Å². The summed E-state index contributed by atoms with van der Waals surface area (Å²) in [6.45, 7) is 2.59. The monoisotopic (exact) mass is 333 g/mol. The van der Waals surface area contributed by atoms with Crippen LogP contribution >= 0.6 is 0 Å². The van der Waals surface area contributed by atoms with Crippen molar-refractivity contribution in [2.45, 2.75) is 19.4 Å². The largest absolute Gasteiger partial charge is 0.480 e. The maximum absolute atomic E-state index is 12.3. The summed E-state index contributed by atoms with van der Waals surface area (Å²) in [4.78, 5) is 25.3. The first-order valence-corrected chi connectivity index (χ1v) is 7.66. The molecule has 7 heteroatoms. The van der Waals surface area contributed by atoms with Crippen LogP contribution < -0.4 is 10.1 Å². The maximum atomic E-state index is 12.3. The molecule has 1 unspecified atom stereocenters. The van der Waals surface area contributed by atoms with Gasteiger partial charge in [0.2, 0.25) is 5.91 Å². The third-order valence-electron chi connectivity index (χ3n) is 3.26. The van der Waals surface area contributed by atoms with Crippen molar-refractivity contribution in [2.24, 2.45) is 0 Å². The van der Waals surface area contributed by atoms with E-state index in [0.29, 0.717) is 30.9 Å². The van der Waals surface area contributed by atoms with E-state index in [9.17, 15) is 9.59 Å².